The van der Waals surface area contributed by atoms with Gasteiger partial charge in [-0.2, -0.15) is 0 Å². The number of amides is 1. The molecule has 2 aliphatic rings. The summed E-state index contributed by atoms with van der Waals surface area (Å²) in [6.45, 7) is 0. The minimum Gasteiger partial charge on any atom is -0.366 e. The molecule has 4 nitrogen and oxygen atoms in total. The number of ketones is 1. The smallest absolute Gasteiger partial charge is 0.243 e. The average Bonchev–Trinajstić information content (AvgIpc) is 3.08. The number of hydrogen-bond donors (Lipinski definition) is 1. The lowest BCUT2D eigenvalue weighted by Gasteiger charge is -2.34. The maximum atomic E-state index is 13.3. The average molecular weight is 321 g/mol. The van der Waals surface area contributed by atoms with Gasteiger partial charge in [-0.1, -0.05) is 48.5 Å². The highest BCUT2D eigenvalue weighted by atomic mass is 16.3. The first-order valence-corrected chi connectivity index (χ1v) is 8.29. The van der Waals surface area contributed by atoms with Crippen LogP contribution >= 0.6 is 0 Å². The van der Waals surface area contributed by atoms with Crippen molar-refractivity contribution in [3.05, 3.63) is 66.2 Å². The fourth-order valence-corrected chi connectivity index (χ4v) is 4.14. The molecule has 1 saturated heterocycles. The Kier molecular flexibility index (Phi) is 3.32. The van der Waals surface area contributed by atoms with E-state index >= 15 is 0 Å². The van der Waals surface area contributed by atoms with Gasteiger partial charge >= 0.3 is 0 Å². The van der Waals surface area contributed by atoms with Crippen LogP contribution in [0.4, 0.5) is 5.69 Å². The van der Waals surface area contributed by atoms with Crippen LogP contribution in [-0.2, 0) is 15.3 Å². The Labute approximate surface area is 140 Å². The molecule has 0 bridgehead atoms. The zero-order chi connectivity index (χ0) is 16.8. The Morgan fingerprint density at radius 3 is 2.12 bits per heavy atom. The Morgan fingerprint density at radius 1 is 0.917 bits per heavy atom. The Bertz CT molecular complexity index is 789. The van der Waals surface area contributed by atoms with Crippen molar-refractivity contribution in [2.75, 3.05) is 4.90 Å². The van der Waals surface area contributed by atoms with Gasteiger partial charge in [0.25, 0.3) is 0 Å². The Hall–Kier alpha value is -2.46. The molecule has 2 atom stereocenters. The van der Waals surface area contributed by atoms with Crippen molar-refractivity contribution in [3.63, 3.8) is 0 Å². The van der Waals surface area contributed by atoms with E-state index in [-0.39, 0.29) is 18.1 Å². The highest BCUT2D eigenvalue weighted by Crippen LogP contribution is 2.54. The van der Waals surface area contributed by atoms with E-state index in [0.29, 0.717) is 30.5 Å². The Morgan fingerprint density at radius 2 is 1.54 bits per heavy atom. The van der Waals surface area contributed by atoms with E-state index in [9.17, 15) is 14.7 Å². The topological polar surface area (TPSA) is 57.6 Å². The first-order valence-electron chi connectivity index (χ1n) is 8.29. The number of hydrogen-bond acceptors (Lipinski definition) is 3. The molecular weight excluding hydrogens is 302 g/mol. The monoisotopic (exact) mass is 321 g/mol. The third-order valence-corrected chi connectivity index (χ3v) is 5.32. The predicted molar refractivity (Wildman–Crippen MR) is 90.2 cm³/mol. The molecule has 2 aromatic carbocycles. The molecule has 2 fully saturated rings. The molecule has 1 spiro atoms. The van der Waals surface area contributed by atoms with Gasteiger partial charge in [0.2, 0.25) is 5.91 Å². The lowest BCUT2D eigenvalue weighted by molar-refractivity contribution is -0.136. The van der Waals surface area contributed by atoms with Crippen LogP contribution in [0.25, 0.3) is 0 Å². The summed E-state index contributed by atoms with van der Waals surface area (Å²) in [4.78, 5) is 27.2. The van der Waals surface area contributed by atoms with Crippen molar-refractivity contribution in [2.45, 2.75) is 31.4 Å². The zero-order valence-electron chi connectivity index (χ0n) is 13.3. The first kappa shape index (κ1) is 15.1. The molecule has 1 amide bonds. The summed E-state index contributed by atoms with van der Waals surface area (Å²) < 4.78 is 0. The lowest BCUT2D eigenvalue weighted by Crippen LogP contribution is -2.44. The van der Waals surface area contributed by atoms with Crippen molar-refractivity contribution in [1.82, 2.24) is 0 Å². The van der Waals surface area contributed by atoms with Gasteiger partial charge in [0.05, 0.1) is 0 Å². The van der Waals surface area contributed by atoms with Crippen LogP contribution in [0.1, 0.15) is 31.2 Å². The van der Waals surface area contributed by atoms with Crippen molar-refractivity contribution in [3.8, 4) is 0 Å². The maximum Gasteiger partial charge on any atom is 0.243 e. The third-order valence-electron chi connectivity index (χ3n) is 5.32. The highest BCUT2D eigenvalue weighted by molar-refractivity contribution is 6.16. The van der Waals surface area contributed by atoms with Crippen LogP contribution in [0, 0.1) is 5.41 Å². The summed E-state index contributed by atoms with van der Waals surface area (Å²) in [5, 5.41) is 11.5. The maximum absolute atomic E-state index is 13.3. The van der Waals surface area contributed by atoms with Gasteiger partial charge in [0.15, 0.2) is 5.72 Å². The van der Waals surface area contributed by atoms with E-state index in [1.165, 1.54) is 4.90 Å². The fourth-order valence-electron chi connectivity index (χ4n) is 4.14. The predicted octanol–water partition coefficient (Wildman–Crippen LogP) is 3.01. The molecule has 1 unspecified atom stereocenters. The molecule has 4 rings (SSSR count). The van der Waals surface area contributed by atoms with Gasteiger partial charge in [0, 0.05) is 24.1 Å². The number of benzene rings is 2. The van der Waals surface area contributed by atoms with E-state index < -0.39 is 11.1 Å². The van der Waals surface area contributed by atoms with Crippen LogP contribution in [0.5, 0.6) is 0 Å². The van der Waals surface area contributed by atoms with Gasteiger partial charge in [-0.05, 0) is 25.0 Å². The molecule has 1 aliphatic heterocycles. The second-order valence-corrected chi connectivity index (χ2v) is 6.69. The van der Waals surface area contributed by atoms with Gasteiger partial charge in [-0.25, -0.2) is 0 Å². The quantitative estimate of drug-likeness (QED) is 0.865. The molecule has 4 heteroatoms. The number of Topliss-reactive ketones (excluding diaryl/α,β-unsaturated/α-hetero) is 1. The van der Waals surface area contributed by atoms with Gasteiger partial charge < -0.3 is 5.11 Å². The van der Waals surface area contributed by atoms with Crippen molar-refractivity contribution in [2.24, 2.45) is 5.41 Å². The number of carbonyl (C=O) groups excluding carboxylic acids is 2. The first-order chi connectivity index (χ1) is 11.6. The van der Waals surface area contributed by atoms with Crippen LogP contribution in [0.2, 0.25) is 0 Å². The van der Waals surface area contributed by atoms with E-state index in [1.807, 2.05) is 48.5 Å². The lowest BCUT2D eigenvalue weighted by atomic mass is 9.80. The number of aliphatic hydroxyl groups is 1. The second kappa shape index (κ2) is 5.28. The Balaban J connectivity index is 1.90. The molecule has 1 saturated carbocycles. The van der Waals surface area contributed by atoms with Crippen LogP contribution < -0.4 is 4.90 Å². The van der Waals surface area contributed by atoms with Gasteiger partial charge in [-0.15, -0.1) is 0 Å². The number of anilines is 1. The molecule has 1 aliphatic carbocycles. The normalized spacial score (nSPS) is 29.6. The van der Waals surface area contributed by atoms with Crippen LogP contribution in [0.15, 0.2) is 60.7 Å². The molecular formula is C20H19NO3. The minimum atomic E-state index is -1.50. The number of nitrogens with zero attached hydrogens (tertiary/aromatic N) is 1. The summed E-state index contributed by atoms with van der Waals surface area (Å²) in [7, 11) is 0. The third kappa shape index (κ3) is 1.96. The minimum absolute atomic E-state index is 0.0414. The second-order valence-electron chi connectivity index (χ2n) is 6.69. The molecule has 0 aromatic heterocycles. The van der Waals surface area contributed by atoms with Crippen molar-refractivity contribution < 1.29 is 14.7 Å². The highest BCUT2D eigenvalue weighted by Gasteiger charge is 2.64. The van der Waals surface area contributed by atoms with E-state index in [2.05, 4.69) is 0 Å². The van der Waals surface area contributed by atoms with E-state index in [4.69, 9.17) is 0 Å². The number of para-hydroxylation sites is 1. The standard InChI is InChI=1S/C20H19NO3/c22-17-12-7-13-19(17)14-20(24,15-8-3-1-4-9-15)21(18(19)23)16-10-5-2-6-11-16/h1-6,8-11,24H,7,12-14H2/t19?,20-/m0/s1. The summed E-state index contributed by atoms with van der Waals surface area (Å²) in [6.07, 6.45) is 1.76. The van der Waals surface area contributed by atoms with Crippen molar-refractivity contribution >= 4 is 17.4 Å². The largest absolute Gasteiger partial charge is 0.366 e. The molecule has 0 radical (unpaired) electrons. The van der Waals surface area contributed by atoms with Crippen LogP contribution in [-0.4, -0.2) is 16.8 Å². The van der Waals surface area contributed by atoms with E-state index in [0.717, 1.165) is 0 Å². The summed E-state index contributed by atoms with van der Waals surface area (Å²) in [5.74, 6) is -0.317. The van der Waals surface area contributed by atoms with Crippen LogP contribution in [0.3, 0.4) is 0 Å². The molecule has 122 valence electrons. The fraction of sp³-hybridized carbons (Fsp3) is 0.300. The molecule has 2 aromatic rings. The van der Waals surface area contributed by atoms with E-state index in [1.54, 1.807) is 12.1 Å². The molecule has 24 heavy (non-hydrogen) atoms. The molecule has 1 N–H and O–H groups in total. The van der Waals surface area contributed by atoms with Crippen molar-refractivity contribution in [1.29, 1.82) is 0 Å². The summed E-state index contributed by atoms with van der Waals surface area (Å²) in [6, 6.07) is 18.3. The van der Waals surface area contributed by atoms with Gasteiger partial charge in [0.1, 0.15) is 11.2 Å². The zero-order valence-corrected chi connectivity index (χ0v) is 13.3. The summed E-state index contributed by atoms with van der Waals surface area (Å²) >= 11 is 0. The SMILES string of the molecule is O=C1CCCC12C[C@](O)(c1ccccc1)N(c1ccccc1)C2=O. The molecule has 1 heterocycles. The number of rotatable bonds is 2. The number of carbonyl (C=O) groups is 2. The van der Waals surface area contributed by atoms with Gasteiger partial charge in [-0.3, -0.25) is 14.5 Å². The summed E-state index contributed by atoms with van der Waals surface area (Å²) in [5.41, 5.74) is -1.33.